The fraction of sp³-hybridized carbons (Fsp3) is 0.556. The Morgan fingerprint density at radius 2 is 1.49 bits per heavy atom. The number of H-pyrrole nitrogens is 1. The average molecular weight is 571 g/mol. The largest absolute Gasteiger partial charge is 0.340 e. The van der Waals surface area contributed by atoms with Gasteiger partial charge in [0.25, 0.3) is 0 Å². The van der Waals surface area contributed by atoms with E-state index in [9.17, 15) is 0 Å². The van der Waals surface area contributed by atoms with E-state index in [2.05, 4.69) is 80.3 Å². The highest BCUT2D eigenvalue weighted by Gasteiger charge is 2.39. The standard InChI is InChI=1S/C36H47ClN4/c1-21(2)28-13-7-23(5)17-30(28)34-35(40-36(39-34)31-18-24(6)8-14-29(31)22(3)4)32-19-25-15-16-38-20-33(25)41(32)27-11-9-26(37)10-12-27/h9-12,15-16,19-24,28-31H,7-8,13-14,17-18H2,1-6H3,(H,39,40). The third kappa shape index (κ3) is 5.49. The zero-order valence-corrected chi connectivity index (χ0v) is 26.5. The Morgan fingerprint density at radius 3 is 2.15 bits per heavy atom. The number of rotatable bonds is 6. The van der Waals surface area contributed by atoms with Crippen molar-refractivity contribution in [1.82, 2.24) is 19.5 Å². The number of halogens is 1. The number of aromatic nitrogens is 4. The lowest BCUT2D eigenvalue weighted by atomic mass is 9.68. The number of imidazole rings is 1. The van der Waals surface area contributed by atoms with Crippen molar-refractivity contribution >= 4 is 22.5 Å². The summed E-state index contributed by atoms with van der Waals surface area (Å²) < 4.78 is 2.36. The maximum absolute atomic E-state index is 6.34. The molecule has 5 heteroatoms. The molecule has 2 saturated carbocycles. The van der Waals surface area contributed by atoms with Crippen molar-refractivity contribution in [2.24, 2.45) is 35.5 Å². The topological polar surface area (TPSA) is 46.5 Å². The van der Waals surface area contributed by atoms with Crippen molar-refractivity contribution in [2.75, 3.05) is 0 Å². The SMILES string of the molecule is CC1CCC(C(C)C)C(c2nc(C3CC(C)CCC3C(C)C)c(-c3cc4ccncc4n3-c3ccc(Cl)cc3)[nH]2)C1. The van der Waals surface area contributed by atoms with Crippen LogP contribution >= 0.6 is 11.6 Å². The third-order valence-electron chi connectivity index (χ3n) is 10.4. The Hall–Kier alpha value is -2.59. The summed E-state index contributed by atoms with van der Waals surface area (Å²) >= 11 is 6.34. The molecule has 6 atom stereocenters. The Morgan fingerprint density at radius 1 is 0.854 bits per heavy atom. The van der Waals surface area contributed by atoms with E-state index in [-0.39, 0.29) is 0 Å². The quantitative estimate of drug-likeness (QED) is 0.250. The second-order valence-electron chi connectivity index (χ2n) is 14.0. The molecule has 0 radical (unpaired) electrons. The van der Waals surface area contributed by atoms with Gasteiger partial charge in [0.1, 0.15) is 5.82 Å². The summed E-state index contributed by atoms with van der Waals surface area (Å²) in [4.78, 5) is 14.3. The van der Waals surface area contributed by atoms with Crippen molar-refractivity contribution in [3.8, 4) is 17.1 Å². The molecule has 218 valence electrons. The molecular formula is C36H47ClN4. The highest BCUT2D eigenvalue weighted by atomic mass is 35.5. The van der Waals surface area contributed by atoms with Gasteiger partial charge >= 0.3 is 0 Å². The van der Waals surface area contributed by atoms with Gasteiger partial charge in [-0.25, -0.2) is 4.98 Å². The number of aromatic amines is 1. The number of benzene rings is 1. The molecule has 0 amide bonds. The average Bonchev–Trinajstić information content (AvgIpc) is 3.55. The maximum atomic E-state index is 6.34. The highest BCUT2D eigenvalue weighted by molar-refractivity contribution is 6.30. The number of hydrogen-bond donors (Lipinski definition) is 1. The molecule has 4 nitrogen and oxygen atoms in total. The number of fused-ring (bicyclic) bond motifs is 1. The predicted octanol–water partition coefficient (Wildman–Crippen LogP) is 10.4. The van der Waals surface area contributed by atoms with Gasteiger partial charge in [0, 0.05) is 34.1 Å². The van der Waals surface area contributed by atoms with Crippen LogP contribution < -0.4 is 0 Å². The number of pyridine rings is 1. The molecule has 1 aromatic carbocycles. The molecule has 41 heavy (non-hydrogen) atoms. The molecule has 0 bridgehead atoms. The van der Waals surface area contributed by atoms with Crippen molar-refractivity contribution in [3.63, 3.8) is 0 Å². The fourth-order valence-electron chi connectivity index (χ4n) is 8.18. The number of nitrogens with one attached hydrogen (secondary N) is 1. The van der Waals surface area contributed by atoms with E-state index in [0.717, 1.165) is 22.1 Å². The molecule has 2 aliphatic carbocycles. The summed E-state index contributed by atoms with van der Waals surface area (Å²) in [6.45, 7) is 14.5. The molecule has 1 N–H and O–H groups in total. The molecule has 3 aromatic heterocycles. The monoisotopic (exact) mass is 570 g/mol. The van der Waals surface area contributed by atoms with Gasteiger partial charge in [0.15, 0.2) is 0 Å². The van der Waals surface area contributed by atoms with Crippen LogP contribution in [-0.4, -0.2) is 19.5 Å². The molecular weight excluding hydrogens is 524 g/mol. The molecule has 3 heterocycles. The van der Waals surface area contributed by atoms with Gasteiger partial charge < -0.3 is 9.55 Å². The van der Waals surface area contributed by atoms with Gasteiger partial charge in [-0.2, -0.15) is 0 Å². The van der Waals surface area contributed by atoms with E-state index in [1.165, 1.54) is 66.8 Å². The third-order valence-corrected chi connectivity index (χ3v) is 10.7. The number of nitrogens with zero attached hydrogens (tertiary/aromatic N) is 3. The Labute approximate surface area is 251 Å². The molecule has 2 fully saturated rings. The summed E-state index contributed by atoms with van der Waals surface area (Å²) in [5.41, 5.74) is 5.87. The van der Waals surface area contributed by atoms with Gasteiger partial charge in [-0.3, -0.25) is 4.98 Å². The van der Waals surface area contributed by atoms with Crippen molar-refractivity contribution in [1.29, 1.82) is 0 Å². The molecule has 6 rings (SSSR count). The Balaban J connectivity index is 1.58. The van der Waals surface area contributed by atoms with Crippen LogP contribution in [0.1, 0.15) is 103 Å². The minimum atomic E-state index is 0.451. The van der Waals surface area contributed by atoms with E-state index in [1.807, 2.05) is 24.5 Å². The summed E-state index contributed by atoms with van der Waals surface area (Å²) in [5.74, 6) is 6.17. The molecule has 4 aromatic rings. The first-order chi connectivity index (χ1) is 19.7. The van der Waals surface area contributed by atoms with Gasteiger partial charge in [-0.1, -0.05) is 66.0 Å². The van der Waals surface area contributed by atoms with Crippen molar-refractivity contribution in [3.05, 3.63) is 65.3 Å². The molecule has 6 unspecified atom stereocenters. The van der Waals surface area contributed by atoms with Gasteiger partial charge in [0.2, 0.25) is 0 Å². The van der Waals surface area contributed by atoms with Gasteiger partial charge in [-0.15, -0.1) is 0 Å². The minimum Gasteiger partial charge on any atom is -0.340 e. The summed E-state index contributed by atoms with van der Waals surface area (Å²) in [6.07, 6.45) is 11.5. The first kappa shape index (κ1) is 28.5. The summed E-state index contributed by atoms with van der Waals surface area (Å²) in [6, 6.07) is 12.7. The van der Waals surface area contributed by atoms with E-state index in [0.29, 0.717) is 41.4 Å². The molecule has 2 aliphatic rings. The van der Waals surface area contributed by atoms with Crippen LogP contribution in [0.4, 0.5) is 0 Å². The molecule has 0 spiro atoms. The van der Waals surface area contributed by atoms with E-state index in [4.69, 9.17) is 16.6 Å². The molecule has 0 saturated heterocycles. The van der Waals surface area contributed by atoms with Crippen molar-refractivity contribution in [2.45, 2.75) is 91.9 Å². The van der Waals surface area contributed by atoms with E-state index < -0.39 is 0 Å². The first-order valence-electron chi connectivity index (χ1n) is 16.0. The van der Waals surface area contributed by atoms with Gasteiger partial charge in [-0.05, 0) is 97.6 Å². The van der Waals surface area contributed by atoms with E-state index in [1.54, 1.807) is 0 Å². The normalized spacial score (nSPS) is 27.2. The predicted molar refractivity (Wildman–Crippen MR) is 172 cm³/mol. The first-order valence-corrected chi connectivity index (χ1v) is 16.4. The Kier molecular flexibility index (Phi) is 8.06. The van der Waals surface area contributed by atoms with Crippen LogP contribution in [0.2, 0.25) is 5.02 Å². The smallest absolute Gasteiger partial charge is 0.110 e. The van der Waals surface area contributed by atoms with Crippen LogP contribution in [0.3, 0.4) is 0 Å². The lowest BCUT2D eigenvalue weighted by Crippen LogP contribution is -2.28. The minimum absolute atomic E-state index is 0.451. The lowest BCUT2D eigenvalue weighted by molar-refractivity contribution is 0.188. The van der Waals surface area contributed by atoms with Crippen LogP contribution in [0.15, 0.2) is 48.8 Å². The second kappa shape index (κ2) is 11.6. The highest BCUT2D eigenvalue weighted by Crippen LogP contribution is 2.49. The molecule has 0 aliphatic heterocycles. The van der Waals surface area contributed by atoms with Crippen molar-refractivity contribution < 1.29 is 0 Å². The van der Waals surface area contributed by atoms with Crippen LogP contribution in [-0.2, 0) is 0 Å². The zero-order chi connectivity index (χ0) is 28.8. The van der Waals surface area contributed by atoms with Crippen LogP contribution in [0, 0.1) is 35.5 Å². The Bertz CT molecular complexity index is 1480. The zero-order valence-electron chi connectivity index (χ0n) is 25.7. The second-order valence-corrected chi connectivity index (χ2v) is 14.5. The fourth-order valence-corrected chi connectivity index (χ4v) is 8.30. The van der Waals surface area contributed by atoms with Gasteiger partial charge in [0.05, 0.1) is 28.8 Å². The number of hydrogen-bond acceptors (Lipinski definition) is 2. The maximum Gasteiger partial charge on any atom is 0.110 e. The lowest BCUT2D eigenvalue weighted by Gasteiger charge is -2.37. The summed E-state index contributed by atoms with van der Waals surface area (Å²) in [7, 11) is 0. The van der Waals surface area contributed by atoms with Crippen LogP contribution in [0.25, 0.3) is 28.0 Å². The van der Waals surface area contributed by atoms with Crippen LogP contribution in [0.5, 0.6) is 0 Å². The summed E-state index contributed by atoms with van der Waals surface area (Å²) in [5, 5.41) is 1.94. The van der Waals surface area contributed by atoms with E-state index >= 15 is 0 Å².